The number of para-hydroxylation sites is 4. The topological polar surface area (TPSA) is 32.8 Å². The molecule has 0 amide bonds. The lowest BCUT2D eigenvalue weighted by Crippen LogP contribution is -2.74. The molecule has 17 aromatic carbocycles. The normalized spacial score (nSPS) is 14.2. The highest BCUT2D eigenvalue weighted by Crippen LogP contribution is 2.57. The van der Waals surface area contributed by atoms with E-state index in [1.807, 2.05) is 0 Å². The molecule has 3 aliphatic carbocycles. The van der Waals surface area contributed by atoms with Crippen LogP contribution in [0.3, 0.4) is 0 Å². The monoisotopic (exact) mass is 1620 g/mol. The van der Waals surface area contributed by atoms with Crippen molar-refractivity contribution in [1.29, 1.82) is 0 Å². The molecule has 0 saturated carbocycles. The summed E-state index contributed by atoms with van der Waals surface area (Å²) in [6.07, 6.45) is 12.4. The molecule has 0 N–H and O–H groups in total. The zero-order valence-electron chi connectivity index (χ0n) is 69.7. The molecule has 6 heteroatoms. The molecule has 0 aliphatic heterocycles. The molecular formula is C118H90N2O2Si2. The van der Waals surface area contributed by atoms with Gasteiger partial charge in [-0.05, 0) is 205 Å². The van der Waals surface area contributed by atoms with Crippen molar-refractivity contribution in [1.82, 2.24) is 0 Å². The summed E-state index contributed by atoms with van der Waals surface area (Å²) in [5, 5.41) is 15.2. The summed E-state index contributed by atoms with van der Waals surface area (Å²) in [5.74, 6) is 0.883. The number of hydrogen-bond acceptors (Lipinski definition) is 4. The highest BCUT2D eigenvalue weighted by molar-refractivity contribution is 7.20. The molecule has 0 spiro atoms. The van der Waals surface area contributed by atoms with Gasteiger partial charge in [-0.1, -0.05) is 403 Å². The zero-order chi connectivity index (χ0) is 83.0. The quantitative estimate of drug-likeness (QED) is 0.0562. The predicted molar refractivity (Wildman–Crippen MR) is 529 cm³/mol. The van der Waals surface area contributed by atoms with Crippen LogP contribution in [0, 0.1) is 11.8 Å². The fourth-order valence-electron chi connectivity index (χ4n) is 20.8. The average Bonchev–Trinajstić information content (AvgIpc) is 0.933. The fourth-order valence-corrected chi connectivity index (χ4v) is 30.3. The lowest BCUT2D eigenvalue weighted by Gasteiger charge is -2.42. The third-order valence-corrected chi connectivity index (χ3v) is 36.2. The first kappa shape index (κ1) is 75.5. The largest absolute Gasteiger partial charge is 0.454 e. The van der Waals surface area contributed by atoms with Crippen molar-refractivity contribution >= 4 is 153 Å². The van der Waals surface area contributed by atoms with Crippen LogP contribution in [0.1, 0.15) is 67.3 Å². The van der Waals surface area contributed by atoms with E-state index in [4.69, 9.17) is 8.83 Å². The van der Waals surface area contributed by atoms with Gasteiger partial charge in [-0.25, -0.2) is 0 Å². The standard InChI is InChI=1S/C118H90N2O2Si2/c1-79(2)107-77-109(85-53-65-89(66-54-85)119(111-45-27-43-105-99-41-23-25-47-113(99)121-117(105)111)87-61-49-81(50-62-87)83-57-69-97(70-58-83)123(91-29-11-5-12-30-91,92-31-13-6-14-32-92)93-33-15-7-16-34-93)103-76-74-102-108(80(3)4)78-110(104-75-73-101(107)115(103)116(102)104)86-55-67-90(68-56-86)120(112-46-28-44-106-100-42-24-26-48-114(100)122-118(106)112)88-63-51-82(52-64-88)84-59-71-98(72-60-84)124(94-35-17-8-18-36-94,95-37-19-9-20-38-95)96-39-21-10-22-40-96/h5-80,101,115H,1-4H3. The number of anilines is 6. The van der Waals surface area contributed by atoms with Gasteiger partial charge in [0.1, 0.15) is 11.2 Å². The molecule has 3 aliphatic rings. The minimum Gasteiger partial charge on any atom is -0.454 e. The van der Waals surface area contributed by atoms with Crippen molar-refractivity contribution in [3.8, 4) is 33.4 Å². The van der Waals surface area contributed by atoms with Gasteiger partial charge in [0.15, 0.2) is 27.3 Å². The number of hydrogen-bond donors (Lipinski definition) is 0. The van der Waals surface area contributed by atoms with E-state index in [-0.39, 0.29) is 17.8 Å². The molecular weight excluding hydrogens is 1530 g/mol. The third-order valence-electron chi connectivity index (χ3n) is 26.6. The van der Waals surface area contributed by atoms with E-state index < -0.39 is 16.1 Å². The van der Waals surface area contributed by atoms with Gasteiger partial charge in [0.25, 0.3) is 0 Å². The lowest BCUT2D eigenvalue weighted by atomic mass is 9.61. The number of fused-ring (bicyclic) bond motifs is 6. The lowest BCUT2D eigenvalue weighted by molar-refractivity contribution is 0.559. The van der Waals surface area contributed by atoms with Crippen LogP contribution >= 0.6 is 0 Å². The Kier molecular flexibility index (Phi) is 19.1. The van der Waals surface area contributed by atoms with Crippen molar-refractivity contribution in [2.45, 2.75) is 39.5 Å². The summed E-state index contributed by atoms with van der Waals surface area (Å²) in [7, 11) is -5.42. The van der Waals surface area contributed by atoms with Gasteiger partial charge in [-0.2, -0.15) is 0 Å². The van der Waals surface area contributed by atoms with Crippen LogP contribution in [-0.4, -0.2) is 16.1 Å². The van der Waals surface area contributed by atoms with Gasteiger partial charge >= 0.3 is 0 Å². The maximum atomic E-state index is 6.91. The summed E-state index contributed by atoms with van der Waals surface area (Å²) < 4.78 is 13.8. The molecule has 592 valence electrons. The Balaban J connectivity index is 0.610. The van der Waals surface area contributed by atoms with Crippen LogP contribution < -0.4 is 51.3 Å². The molecule has 2 unspecified atom stereocenters. The molecule has 124 heavy (non-hydrogen) atoms. The van der Waals surface area contributed by atoms with Crippen LogP contribution in [0.5, 0.6) is 0 Å². The first-order chi connectivity index (χ1) is 61.1. The van der Waals surface area contributed by atoms with Gasteiger partial charge in [-0.15, -0.1) is 0 Å². The minimum atomic E-state index is -2.71. The summed E-state index contributed by atoms with van der Waals surface area (Å²) in [5.41, 5.74) is 27.3. The Morgan fingerprint density at radius 3 is 0.984 bits per heavy atom. The number of furan rings is 2. The minimum absolute atomic E-state index is 0.112. The van der Waals surface area contributed by atoms with Crippen molar-refractivity contribution in [2.75, 3.05) is 9.80 Å². The van der Waals surface area contributed by atoms with E-state index in [0.717, 1.165) is 100 Å². The third kappa shape index (κ3) is 12.7. The molecule has 22 rings (SSSR count). The highest BCUT2D eigenvalue weighted by atomic mass is 28.3. The summed E-state index contributed by atoms with van der Waals surface area (Å²) in [6, 6.07) is 155. The number of benzene rings is 17. The van der Waals surface area contributed by atoms with Crippen LogP contribution in [0.4, 0.5) is 34.1 Å². The van der Waals surface area contributed by atoms with Crippen molar-refractivity contribution in [3.63, 3.8) is 0 Å². The number of allylic oxidation sites excluding steroid dienone is 6. The van der Waals surface area contributed by atoms with Crippen molar-refractivity contribution in [3.05, 3.63) is 476 Å². The second kappa shape index (κ2) is 31.4. The van der Waals surface area contributed by atoms with E-state index >= 15 is 0 Å². The molecule has 19 aromatic rings. The first-order valence-electron chi connectivity index (χ1n) is 43.6. The summed E-state index contributed by atoms with van der Waals surface area (Å²) >= 11 is 0. The van der Waals surface area contributed by atoms with Gasteiger partial charge in [0.05, 0.1) is 11.4 Å². The number of rotatable bonds is 20. The first-order valence-corrected chi connectivity index (χ1v) is 47.6. The Hall–Kier alpha value is -14.7. The Morgan fingerprint density at radius 1 is 0.282 bits per heavy atom. The zero-order valence-corrected chi connectivity index (χ0v) is 71.7. The van der Waals surface area contributed by atoms with Gasteiger partial charge < -0.3 is 18.6 Å². The van der Waals surface area contributed by atoms with E-state index in [0.29, 0.717) is 5.92 Å². The van der Waals surface area contributed by atoms with Gasteiger partial charge in [0.2, 0.25) is 0 Å². The second-order valence-electron chi connectivity index (χ2n) is 34.0. The molecule has 2 aromatic heterocycles. The molecule has 0 fully saturated rings. The van der Waals surface area contributed by atoms with Crippen LogP contribution in [0.25, 0.3) is 95.0 Å². The highest BCUT2D eigenvalue weighted by Gasteiger charge is 2.45. The summed E-state index contributed by atoms with van der Waals surface area (Å²) in [4.78, 5) is 4.76. The fraction of sp³-hybridized carbons (Fsp3) is 0.0678. The molecule has 0 radical (unpaired) electrons. The molecule has 2 heterocycles. The van der Waals surface area contributed by atoms with E-state index in [9.17, 15) is 0 Å². The van der Waals surface area contributed by atoms with Crippen LogP contribution in [0.2, 0.25) is 0 Å². The molecule has 2 atom stereocenters. The van der Waals surface area contributed by atoms with Crippen LogP contribution in [-0.2, 0) is 0 Å². The SMILES string of the molecule is CC(C)C1=CC(c2ccc(N(c3ccc(-c4ccc([Si](c5ccccc5)(c5ccccc5)c5ccccc5)cc4)cc3)c3cccc4c3oc3ccccc34)cc2)=C2C=Cc3c(C(C)C)cc(-c4ccc(N(c5ccc(-c6ccc([Si](c7ccccc7)(c7ccccc7)c7ccccc7)cc6)cc5)c5cccc6c5oc5ccccc56)cc4)c4c3C2C1C=C4. The van der Waals surface area contributed by atoms with E-state index in [1.54, 1.807) is 0 Å². The maximum absolute atomic E-state index is 6.91. The Labute approximate surface area is 727 Å². The van der Waals surface area contributed by atoms with Gasteiger partial charge in [-0.3, -0.25) is 0 Å². The molecule has 0 saturated heterocycles. The molecule has 4 nitrogen and oxygen atoms in total. The average molecular weight is 1620 g/mol. The Morgan fingerprint density at radius 2 is 0.613 bits per heavy atom. The van der Waals surface area contributed by atoms with Gasteiger partial charge in [0, 0.05) is 56.1 Å². The summed E-state index contributed by atoms with van der Waals surface area (Å²) in [6.45, 7) is 9.49. The van der Waals surface area contributed by atoms with Crippen molar-refractivity contribution in [2.24, 2.45) is 11.8 Å². The number of nitrogens with zero attached hydrogens (tertiary/aromatic N) is 2. The van der Waals surface area contributed by atoms with Crippen LogP contribution in [0.15, 0.2) is 457 Å². The van der Waals surface area contributed by atoms with Crippen molar-refractivity contribution < 1.29 is 8.83 Å². The van der Waals surface area contributed by atoms with E-state index in [2.05, 4.69) is 486 Å². The molecule has 0 bridgehead atoms. The Bertz CT molecular complexity index is 7150. The van der Waals surface area contributed by atoms with E-state index in [1.165, 1.54) is 97.2 Å². The predicted octanol–water partition coefficient (Wildman–Crippen LogP) is 26.1. The maximum Gasteiger partial charge on any atom is 0.179 e. The smallest absolute Gasteiger partial charge is 0.179 e. The second-order valence-corrected chi connectivity index (χ2v) is 41.6.